The number of hydrogen-bond donors (Lipinski definition) is 1. The van der Waals surface area contributed by atoms with Crippen LogP contribution in [0.4, 0.5) is 4.39 Å². The summed E-state index contributed by atoms with van der Waals surface area (Å²) in [6.45, 7) is 1.94. The molecule has 0 unspecified atom stereocenters. The van der Waals surface area contributed by atoms with Gasteiger partial charge in [-0.25, -0.2) is 4.39 Å². The number of hydrogen-bond acceptors (Lipinski definition) is 1. The summed E-state index contributed by atoms with van der Waals surface area (Å²) in [6, 6.07) is 3.16. The van der Waals surface area contributed by atoms with Gasteiger partial charge in [-0.2, -0.15) is 0 Å². The highest BCUT2D eigenvalue weighted by molar-refractivity contribution is 6.31. The molecule has 1 aromatic rings. The predicted octanol–water partition coefficient (Wildman–Crippen LogP) is 3.52. The van der Waals surface area contributed by atoms with Gasteiger partial charge < -0.3 is 5.73 Å². The highest BCUT2D eigenvalue weighted by Crippen LogP contribution is 2.41. The summed E-state index contributed by atoms with van der Waals surface area (Å²) in [5.41, 5.74) is 7.68. The first-order chi connectivity index (χ1) is 7.04. The Hall–Kier alpha value is -0.600. The molecule has 0 heterocycles. The number of aryl methyl sites for hydroxylation is 1. The van der Waals surface area contributed by atoms with Crippen LogP contribution in [0.3, 0.4) is 0 Å². The van der Waals surface area contributed by atoms with Crippen LogP contribution >= 0.6 is 11.6 Å². The van der Waals surface area contributed by atoms with Gasteiger partial charge in [0.25, 0.3) is 0 Å². The highest BCUT2D eigenvalue weighted by atomic mass is 35.5. The Balaban J connectivity index is 2.55. The zero-order chi connectivity index (χ0) is 11.1. The van der Waals surface area contributed by atoms with Gasteiger partial charge in [0.05, 0.1) is 5.02 Å². The van der Waals surface area contributed by atoms with Crippen molar-refractivity contribution in [2.45, 2.75) is 38.1 Å². The molecule has 0 spiro atoms. The smallest absolute Gasteiger partial charge is 0.142 e. The third kappa shape index (κ3) is 1.77. The number of nitrogens with two attached hydrogens (primary N) is 1. The second kappa shape index (κ2) is 3.76. The van der Waals surface area contributed by atoms with Gasteiger partial charge in [-0.3, -0.25) is 0 Å². The Morgan fingerprint density at radius 1 is 1.33 bits per heavy atom. The first-order valence-electron chi connectivity index (χ1n) is 5.28. The van der Waals surface area contributed by atoms with Crippen LogP contribution in [0.5, 0.6) is 0 Å². The minimum atomic E-state index is -0.413. The molecule has 1 aliphatic carbocycles. The Labute approximate surface area is 94.4 Å². The number of halogens is 2. The van der Waals surface area contributed by atoms with Gasteiger partial charge in [-0.05, 0) is 37.0 Å². The average molecular weight is 228 g/mol. The molecule has 1 nitrogen and oxygen atoms in total. The minimum absolute atomic E-state index is 0.208. The van der Waals surface area contributed by atoms with Crippen molar-refractivity contribution in [1.29, 1.82) is 0 Å². The summed E-state index contributed by atoms with van der Waals surface area (Å²) in [7, 11) is 0. The molecule has 2 rings (SSSR count). The van der Waals surface area contributed by atoms with E-state index in [0.717, 1.165) is 36.8 Å². The second-order valence-corrected chi connectivity index (χ2v) is 4.79. The lowest BCUT2D eigenvalue weighted by Gasteiger charge is -2.27. The van der Waals surface area contributed by atoms with Gasteiger partial charge in [-0.1, -0.05) is 30.5 Å². The van der Waals surface area contributed by atoms with Gasteiger partial charge >= 0.3 is 0 Å². The molecule has 0 radical (unpaired) electrons. The molecular formula is C12H15ClFN. The summed E-state index contributed by atoms with van der Waals surface area (Å²) in [6.07, 6.45) is 4.00. The van der Waals surface area contributed by atoms with E-state index >= 15 is 0 Å². The van der Waals surface area contributed by atoms with Crippen LogP contribution < -0.4 is 5.73 Å². The van der Waals surface area contributed by atoms with Crippen molar-refractivity contribution in [2.24, 2.45) is 5.73 Å². The number of benzene rings is 1. The van der Waals surface area contributed by atoms with E-state index < -0.39 is 5.54 Å². The molecule has 0 atom stereocenters. The molecule has 0 aromatic heterocycles. The van der Waals surface area contributed by atoms with E-state index in [0.29, 0.717) is 0 Å². The van der Waals surface area contributed by atoms with Crippen LogP contribution in [0.1, 0.15) is 36.8 Å². The minimum Gasteiger partial charge on any atom is -0.321 e. The van der Waals surface area contributed by atoms with Crippen LogP contribution in [0, 0.1) is 12.7 Å². The third-order valence-electron chi connectivity index (χ3n) is 3.30. The molecule has 0 bridgehead atoms. The quantitative estimate of drug-likeness (QED) is 0.781. The molecule has 0 saturated heterocycles. The maximum atomic E-state index is 13.4. The van der Waals surface area contributed by atoms with Gasteiger partial charge in [0.1, 0.15) is 5.82 Å². The van der Waals surface area contributed by atoms with Crippen molar-refractivity contribution in [2.75, 3.05) is 0 Å². The second-order valence-electron chi connectivity index (χ2n) is 4.42. The highest BCUT2D eigenvalue weighted by Gasteiger charge is 2.35. The molecule has 1 saturated carbocycles. The fourth-order valence-corrected chi connectivity index (χ4v) is 2.91. The molecule has 1 fully saturated rings. The van der Waals surface area contributed by atoms with E-state index in [9.17, 15) is 4.39 Å². The van der Waals surface area contributed by atoms with E-state index in [1.165, 1.54) is 6.07 Å². The van der Waals surface area contributed by atoms with E-state index in [4.69, 9.17) is 17.3 Å². The summed E-state index contributed by atoms with van der Waals surface area (Å²) in [5, 5.41) is 0.208. The maximum absolute atomic E-state index is 13.4. The Morgan fingerprint density at radius 2 is 1.93 bits per heavy atom. The van der Waals surface area contributed by atoms with Crippen LogP contribution in [0.2, 0.25) is 5.02 Å². The lowest BCUT2D eigenvalue weighted by Crippen LogP contribution is -2.34. The van der Waals surface area contributed by atoms with Crippen LogP contribution in [-0.4, -0.2) is 0 Å². The summed E-state index contributed by atoms with van der Waals surface area (Å²) in [4.78, 5) is 0. The molecular weight excluding hydrogens is 213 g/mol. The normalized spacial score (nSPS) is 19.5. The van der Waals surface area contributed by atoms with E-state index in [1.54, 1.807) is 6.07 Å². The third-order valence-corrected chi connectivity index (χ3v) is 3.67. The van der Waals surface area contributed by atoms with Crippen LogP contribution in [0.25, 0.3) is 0 Å². The largest absolute Gasteiger partial charge is 0.321 e. The number of rotatable bonds is 1. The zero-order valence-corrected chi connectivity index (χ0v) is 9.57. The van der Waals surface area contributed by atoms with Crippen molar-refractivity contribution in [3.63, 3.8) is 0 Å². The maximum Gasteiger partial charge on any atom is 0.142 e. The fourth-order valence-electron chi connectivity index (χ4n) is 2.51. The Bertz CT molecular complexity index is 383. The van der Waals surface area contributed by atoms with E-state index in [2.05, 4.69) is 0 Å². The summed E-state index contributed by atoms with van der Waals surface area (Å²) < 4.78 is 13.4. The SMILES string of the molecule is Cc1ccc(F)c(Cl)c1C1(N)CCCC1. The van der Waals surface area contributed by atoms with Gasteiger partial charge in [0.15, 0.2) is 0 Å². The molecule has 3 heteroatoms. The standard InChI is InChI=1S/C12H15ClFN/c1-8-4-5-9(14)11(13)10(8)12(15)6-2-3-7-12/h4-5H,2-3,6-7,15H2,1H3. The van der Waals surface area contributed by atoms with Crippen LogP contribution in [-0.2, 0) is 5.54 Å². The molecule has 15 heavy (non-hydrogen) atoms. The van der Waals surface area contributed by atoms with Gasteiger partial charge in [0, 0.05) is 5.54 Å². The molecule has 0 amide bonds. The van der Waals surface area contributed by atoms with Gasteiger partial charge in [0.2, 0.25) is 0 Å². The molecule has 2 N–H and O–H groups in total. The van der Waals surface area contributed by atoms with Crippen molar-refractivity contribution in [1.82, 2.24) is 0 Å². The Morgan fingerprint density at radius 3 is 2.53 bits per heavy atom. The van der Waals surface area contributed by atoms with Crippen molar-refractivity contribution in [3.8, 4) is 0 Å². The Kier molecular flexibility index (Phi) is 2.73. The fraction of sp³-hybridized carbons (Fsp3) is 0.500. The lowest BCUT2D eigenvalue weighted by molar-refractivity contribution is 0.455. The first-order valence-corrected chi connectivity index (χ1v) is 5.66. The topological polar surface area (TPSA) is 26.0 Å². The molecule has 1 aliphatic rings. The van der Waals surface area contributed by atoms with E-state index in [-0.39, 0.29) is 10.8 Å². The predicted molar refractivity (Wildman–Crippen MR) is 60.5 cm³/mol. The van der Waals surface area contributed by atoms with Crippen molar-refractivity contribution >= 4 is 11.6 Å². The van der Waals surface area contributed by atoms with Crippen LogP contribution in [0.15, 0.2) is 12.1 Å². The zero-order valence-electron chi connectivity index (χ0n) is 8.82. The molecule has 0 aliphatic heterocycles. The first kappa shape index (κ1) is 10.9. The molecule has 82 valence electrons. The monoisotopic (exact) mass is 227 g/mol. The van der Waals surface area contributed by atoms with E-state index in [1.807, 2.05) is 6.92 Å². The summed E-state index contributed by atoms with van der Waals surface area (Å²) >= 11 is 6.01. The summed E-state index contributed by atoms with van der Waals surface area (Å²) in [5.74, 6) is -0.367. The average Bonchev–Trinajstić information content (AvgIpc) is 2.60. The van der Waals surface area contributed by atoms with Gasteiger partial charge in [-0.15, -0.1) is 0 Å². The van der Waals surface area contributed by atoms with Crippen molar-refractivity contribution < 1.29 is 4.39 Å². The lowest BCUT2D eigenvalue weighted by atomic mass is 9.86. The molecule has 1 aromatic carbocycles. The van der Waals surface area contributed by atoms with Crippen molar-refractivity contribution in [3.05, 3.63) is 34.1 Å².